The topological polar surface area (TPSA) is 26.5 Å². The Bertz CT molecular complexity index is 503. The molecule has 3 rings (SSSR count). The largest absolute Gasteiger partial charge is 0.381 e. The van der Waals surface area contributed by atoms with Crippen LogP contribution in [0.15, 0.2) is 24.4 Å². The van der Waals surface area contributed by atoms with Crippen LogP contribution in [-0.2, 0) is 4.74 Å². The minimum Gasteiger partial charge on any atom is -0.381 e. The summed E-state index contributed by atoms with van der Waals surface area (Å²) in [6.45, 7) is 1.65. The molecule has 1 fully saturated rings. The molecule has 2 aromatic heterocycles. The van der Waals surface area contributed by atoms with Crippen molar-refractivity contribution in [2.75, 3.05) is 13.2 Å². The molecular weight excluding hydrogens is 224 g/mol. The molecule has 0 aromatic carbocycles. The minimum absolute atomic E-state index is 0.469. The van der Waals surface area contributed by atoms with E-state index >= 15 is 0 Å². The number of halogens is 1. The van der Waals surface area contributed by atoms with Gasteiger partial charge in [-0.05, 0) is 25.0 Å². The second kappa shape index (κ2) is 4.07. The Hall–Kier alpha value is -1.06. The highest BCUT2D eigenvalue weighted by Crippen LogP contribution is 2.29. The first kappa shape index (κ1) is 10.1. The number of rotatable bonds is 1. The van der Waals surface area contributed by atoms with Crippen LogP contribution in [0.1, 0.15) is 24.6 Å². The summed E-state index contributed by atoms with van der Waals surface area (Å²) >= 11 is 6.13. The van der Waals surface area contributed by atoms with Crippen LogP contribution in [0.2, 0.25) is 5.15 Å². The number of nitrogens with zero attached hydrogens (tertiary/aromatic N) is 2. The van der Waals surface area contributed by atoms with Gasteiger partial charge in [-0.25, -0.2) is 4.98 Å². The minimum atomic E-state index is 0.469. The molecule has 84 valence electrons. The third kappa shape index (κ3) is 1.60. The molecule has 1 aliphatic rings. The summed E-state index contributed by atoms with van der Waals surface area (Å²) in [5.41, 5.74) is 0.991. The van der Waals surface area contributed by atoms with Gasteiger partial charge in [-0.1, -0.05) is 17.7 Å². The Morgan fingerprint density at radius 3 is 2.94 bits per heavy atom. The average molecular weight is 237 g/mol. The second-order valence-corrected chi connectivity index (χ2v) is 4.46. The normalized spacial score (nSPS) is 18.1. The molecule has 0 bridgehead atoms. The van der Waals surface area contributed by atoms with Gasteiger partial charge in [-0.15, -0.1) is 0 Å². The maximum absolute atomic E-state index is 6.13. The van der Waals surface area contributed by atoms with Crippen LogP contribution in [0.5, 0.6) is 0 Å². The zero-order chi connectivity index (χ0) is 11.0. The molecule has 0 radical (unpaired) electrons. The van der Waals surface area contributed by atoms with Gasteiger partial charge < -0.3 is 9.14 Å². The first-order valence-electron chi connectivity index (χ1n) is 5.56. The first-order chi connectivity index (χ1) is 7.86. The van der Waals surface area contributed by atoms with Gasteiger partial charge in [0.25, 0.3) is 0 Å². The van der Waals surface area contributed by atoms with Gasteiger partial charge in [0.05, 0.1) is 5.52 Å². The van der Waals surface area contributed by atoms with Crippen LogP contribution >= 0.6 is 11.6 Å². The summed E-state index contributed by atoms with van der Waals surface area (Å²) in [5.74, 6) is 1.54. The van der Waals surface area contributed by atoms with Gasteiger partial charge in [-0.2, -0.15) is 0 Å². The summed E-state index contributed by atoms with van der Waals surface area (Å²) < 4.78 is 7.47. The van der Waals surface area contributed by atoms with Gasteiger partial charge in [0, 0.05) is 25.3 Å². The summed E-state index contributed by atoms with van der Waals surface area (Å²) in [4.78, 5) is 4.49. The standard InChI is InChI=1S/C12H13ClN2O/c13-11-10-3-1-2-6-15(10)12(14-11)9-4-7-16-8-5-9/h1-3,6,9H,4-5,7-8H2. The lowest BCUT2D eigenvalue weighted by molar-refractivity contribution is 0.0835. The lowest BCUT2D eigenvalue weighted by Gasteiger charge is -2.20. The Kier molecular flexibility index (Phi) is 2.58. The van der Waals surface area contributed by atoms with Gasteiger partial charge in [-0.3, -0.25) is 0 Å². The van der Waals surface area contributed by atoms with E-state index in [1.54, 1.807) is 0 Å². The van der Waals surface area contributed by atoms with Crippen molar-refractivity contribution in [3.05, 3.63) is 35.4 Å². The molecule has 0 unspecified atom stereocenters. The molecule has 3 nitrogen and oxygen atoms in total. The number of ether oxygens (including phenoxy) is 1. The van der Waals surface area contributed by atoms with Crippen molar-refractivity contribution in [1.29, 1.82) is 0 Å². The SMILES string of the molecule is Clc1nc(C2CCOCC2)n2ccccc12. The van der Waals surface area contributed by atoms with Gasteiger partial charge in [0.15, 0.2) is 5.15 Å². The van der Waals surface area contributed by atoms with Crippen LogP contribution in [0.25, 0.3) is 5.52 Å². The number of hydrogen-bond donors (Lipinski definition) is 0. The van der Waals surface area contributed by atoms with Crippen LogP contribution in [-0.4, -0.2) is 22.6 Å². The predicted octanol–water partition coefficient (Wildman–Crippen LogP) is 2.88. The van der Waals surface area contributed by atoms with E-state index in [9.17, 15) is 0 Å². The molecule has 0 atom stereocenters. The predicted molar refractivity (Wildman–Crippen MR) is 63.0 cm³/mol. The molecule has 0 saturated carbocycles. The summed E-state index contributed by atoms with van der Waals surface area (Å²) in [6.07, 6.45) is 4.09. The van der Waals surface area contributed by atoms with Crippen LogP contribution in [0, 0.1) is 0 Å². The van der Waals surface area contributed by atoms with E-state index in [0.717, 1.165) is 37.4 Å². The summed E-state index contributed by atoms with van der Waals surface area (Å²) in [7, 11) is 0. The first-order valence-corrected chi connectivity index (χ1v) is 5.94. The zero-order valence-corrected chi connectivity index (χ0v) is 9.65. The van der Waals surface area contributed by atoms with Crippen LogP contribution in [0.3, 0.4) is 0 Å². The number of aromatic nitrogens is 2. The van der Waals surface area contributed by atoms with Crippen molar-refractivity contribution in [1.82, 2.24) is 9.38 Å². The maximum Gasteiger partial charge on any atom is 0.155 e. The van der Waals surface area contributed by atoms with Crippen molar-refractivity contribution in [3.63, 3.8) is 0 Å². The van der Waals surface area contributed by atoms with E-state index in [4.69, 9.17) is 16.3 Å². The molecule has 16 heavy (non-hydrogen) atoms. The number of fused-ring (bicyclic) bond motifs is 1. The lowest BCUT2D eigenvalue weighted by Crippen LogP contribution is -2.16. The highest BCUT2D eigenvalue weighted by molar-refractivity contribution is 6.32. The van der Waals surface area contributed by atoms with Gasteiger partial charge >= 0.3 is 0 Å². The Labute approximate surface area is 99.0 Å². The smallest absolute Gasteiger partial charge is 0.155 e. The van der Waals surface area contributed by atoms with E-state index in [-0.39, 0.29) is 0 Å². The Morgan fingerprint density at radius 2 is 2.12 bits per heavy atom. The molecule has 1 aliphatic heterocycles. The van der Waals surface area contributed by atoms with Crippen molar-refractivity contribution < 1.29 is 4.74 Å². The fourth-order valence-corrected chi connectivity index (χ4v) is 2.51. The quantitative estimate of drug-likeness (QED) is 0.761. The fourth-order valence-electron chi connectivity index (χ4n) is 2.27. The molecule has 0 amide bonds. The van der Waals surface area contributed by atoms with Crippen molar-refractivity contribution in [2.24, 2.45) is 0 Å². The van der Waals surface area contributed by atoms with Crippen molar-refractivity contribution in [3.8, 4) is 0 Å². The maximum atomic E-state index is 6.13. The lowest BCUT2D eigenvalue weighted by atomic mass is 10.00. The molecule has 0 N–H and O–H groups in total. The fraction of sp³-hybridized carbons (Fsp3) is 0.417. The zero-order valence-electron chi connectivity index (χ0n) is 8.90. The van der Waals surface area contributed by atoms with E-state index in [1.807, 2.05) is 24.4 Å². The number of hydrogen-bond acceptors (Lipinski definition) is 2. The van der Waals surface area contributed by atoms with E-state index in [0.29, 0.717) is 11.1 Å². The summed E-state index contributed by atoms with van der Waals surface area (Å²) in [6, 6.07) is 5.99. The molecule has 4 heteroatoms. The number of imidazole rings is 1. The number of pyridine rings is 1. The third-order valence-electron chi connectivity index (χ3n) is 3.12. The molecule has 0 spiro atoms. The highest BCUT2D eigenvalue weighted by atomic mass is 35.5. The molecule has 2 aromatic rings. The van der Waals surface area contributed by atoms with E-state index < -0.39 is 0 Å². The van der Waals surface area contributed by atoms with Crippen molar-refractivity contribution >= 4 is 17.1 Å². The molecule has 1 saturated heterocycles. The van der Waals surface area contributed by atoms with Gasteiger partial charge in [0.1, 0.15) is 5.82 Å². The van der Waals surface area contributed by atoms with Crippen LogP contribution in [0.4, 0.5) is 0 Å². The monoisotopic (exact) mass is 236 g/mol. The molecule has 3 heterocycles. The van der Waals surface area contributed by atoms with E-state index in [2.05, 4.69) is 9.38 Å². The molecule has 0 aliphatic carbocycles. The second-order valence-electron chi connectivity index (χ2n) is 4.10. The summed E-state index contributed by atoms with van der Waals surface area (Å²) in [5, 5.41) is 0.599. The van der Waals surface area contributed by atoms with Crippen molar-refractivity contribution in [2.45, 2.75) is 18.8 Å². The average Bonchev–Trinajstić information content (AvgIpc) is 2.69. The third-order valence-corrected chi connectivity index (χ3v) is 3.40. The van der Waals surface area contributed by atoms with Gasteiger partial charge in [0.2, 0.25) is 0 Å². The highest BCUT2D eigenvalue weighted by Gasteiger charge is 2.21. The Morgan fingerprint density at radius 1 is 1.31 bits per heavy atom. The molecular formula is C12H13ClN2O. The Balaban J connectivity index is 2.08. The van der Waals surface area contributed by atoms with E-state index in [1.165, 1.54) is 0 Å². The van der Waals surface area contributed by atoms with Crippen LogP contribution < -0.4 is 0 Å².